The van der Waals surface area contributed by atoms with Crippen LogP contribution in [0.15, 0.2) is 12.1 Å². The molecule has 1 saturated heterocycles. The Morgan fingerprint density at radius 3 is 2.85 bits per heavy atom. The molecule has 0 radical (unpaired) electrons. The average molecular weight is 271 g/mol. The monoisotopic (exact) mass is 271 g/mol. The van der Waals surface area contributed by atoms with Gasteiger partial charge in [-0.25, -0.2) is 4.98 Å². The van der Waals surface area contributed by atoms with E-state index in [0.29, 0.717) is 17.5 Å². The van der Waals surface area contributed by atoms with Crippen LogP contribution in [0.2, 0.25) is 0 Å². The van der Waals surface area contributed by atoms with Gasteiger partial charge in [0.1, 0.15) is 11.9 Å². The largest absolute Gasteiger partial charge is 0.393 e. The number of rotatable bonds is 1. The molecule has 0 amide bonds. The highest BCUT2D eigenvalue weighted by molar-refractivity contribution is 5.46. The molecule has 106 valence electrons. The van der Waals surface area contributed by atoms with Crippen LogP contribution in [-0.2, 0) is 0 Å². The molecule has 2 aliphatic rings. The number of pyridine rings is 1. The first-order chi connectivity index (χ1) is 9.70. The first-order valence-corrected chi connectivity index (χ1v) is 7.53. The van der Waals surface area contributed by atoms with Gasteiger partial charge in [0, 0.05) is 18.5 Å². The summed E-state index contributed by atoms with van der Waals surface area (Å²) in [5.74, 6) is 1.35. The number of nitrogens with zero attached hydrogens (tertiary/aromatic N) is 3. The van der Waals surface area contributed by atoms with E-state index < -0.39 is 0 Å². The van der Waals surface area contributed by atoms with Crippen molar-refractivity contribution in [3.05, 3.63) is 23.4 Å². The van der Waals surface area contributed by atoms with Crippen molar-refractivity contribution >= 4 is 5.82 Å². The van der Waals surface area contributed by atoms with Crippen LogP contribution in [-0.4, -0.2) is 28.8 Å². The molecule has 20 heavy (non-hydrogen) atoms. The SMILES string of the molecule is Cc1nc(N2CCC(O)C3CCCCC32)ccc1C#N. The quantitative estimate of drug-likeness (QED) is 0.852. The summed E-state index contributed by atoms with van der Waals surface area (Å²) >= 11 is 0. The second kappa shape index (κ2) is 5.41. The van der Waals surface area contributed by atoms with E-state index in [1.54, 1.807) is 0 Å². The van der Waals surface area contributed by atoms with Crippen LogP contribution < -0.4 is 4.90 Å². The predicted octanol–water partition coefficient (Wildman–Crippen LogP) is 2.39. The van der Waals surface area contributed by atoms with Crippen molar-refractivity contribution < 1.29 is 5.11 Å². The number of nitriles is 1. The van der Waals surface area contributed by atoms with Crippen LogP contribution in [0, 0.1) is 24.2 Å². The summed E-state index contributed by atoms with van der Waals surface area (Å²) in [5.41, 5.74) is 1.44. The van der Waals surface area contributed by atoms with Gasteiger partial charge in [-0.2, -0.15) is 5.26 Å². The normalized spacial score (nSPS) is 29.6. The lowest BCUT2D eigenvalue weighted by molar-refractivity contribution is 0.0446. The van der Waals surface area contributed by atoms with Gasteiger partial charge in [0.2, 0.25) is 0 Å². The third-order valence-electron chi connectivity index (χ3n) is 4.83. The van der Waals surface area contributed by atoms with Crippen molar-refractivity contribution in [2.24, 2.45) is 5.92 Å². The van der Waals surface area contributed by atoms with Gasteiger partial charge in [0.25, 0.3) is 0 Å². The van der Waals surface area contributed by atoms with E-state index in [1.165, 1.54) is 12.8 Å². The lowest BCUT2D eigenvalue weighted by Gasteiger charge is -2.47. The molecule has 0 aromatic carbocycles. The minimum atomic E-state index is -0.156. The van der Waals surface area contributed by atoms with Crippen molar-refractivity contribution in [1.82, 2.24) is 4.98 Å². The zero-order valence-corrected chi connectivity index (χ0v) is 11.9. The van der Waals surface area contributed by atoms with Gasteiger partial charge in [0.15, 0.2) is 0 Å². The molecule has 4 nitrogen and oxygen atoms in total. The van der Waals surface area contributed by atoms with Crippen molar-refractivity contribution in [3.63, 3.8) is 0 Å². The van der Waals surface area contributed by atoms with Crippen molar-refractivity contribution in [2.75, 3.05) is 11.4 Å². The van der Waals surface area contributed by atoms with Crippen LogP contribution in [0.4, 0.5) is 5.82 Å². The van der Waals surface area contributed by atoms with Crippen LogP contribution in [0.3, 0.4) is 0 Å². The molecule has 1 N–H and O–H groups in total. The topological polar surface area (TPSA) is 60.1 Å². The molecule has 1 saturated carbocycles. The van der Waals surface area contributed by atoms with E-state index in [1.807, 2.05) is 19.1 Å². The Hall–Kier alpha value is -1.60. The molecule has 0 bridgehead atoms. The van der Waals surface area contributed by atoms with E-state index >= 15 is 0 Å². The molecule has 1 aliphatic heterocycles. The Morgan fingerprint density at radius 1 is 1.30 bits per heavy atom. The Labute approximate surface area is 120 Å². The number of aliphatic hydroxyl groups is 1. The predicted molar refractivity (Wildman–Crippen MR) is 77.4 cm³/mol. The zero-order chi connectivity index (χ0) is 14.1. The molecular weight excluding hydrogens is 250 g/mol. The average Bonchev–Trinajstić information content (AvgIpc) is 2.48. The van der Waals surface area contributed by atoms with Gasteiger partial charge in [-0.3, -0.25) is 0 Å². The highest BCUT2D eigenvalue weighted by Gasteiger charge is 2.39. The fourth-order valence-electron chi connectivity index (χ4n) is 3.74. The van der Waals surface area contributed by atoms with Crippen molar-refractivity contribution in [2.45, 2.75) is 51.2 Å². The maximum absolute atomic E-state index is 10.2. The van der Waals surface area contributed by atoms with E-state index in [0.717, 1.165) is 37.3 Å². The Balaban J connectivity index is 1.89. The fourth-order valence-corrected chi connectivity index (χ4v) is 3.74. The zero-order valence-electron chi connectivity index (χ0n) is 11.9. The van der Waals surface area contributed by atoms with Crippen LogP contribution in [0.25, 0.3) is 0 Å². The third-order valence-corrected chi connectivity index (χ3v) is 4.83. The molecule has 3 atom stereocenters. The lowest BCUT2D eigenvalue weighted by Crippen LogP contribution is -2.53. The molecule has 4 heteroatoms. The molecule has 2 heterocycles. The number of piperidine rings is 1. The number of fused-ring (bicyclic) bond motifs is 1. The summed E-state index contributed by atoms with van der Waals surface area (Å²) in [5, 5.41) is 19.2. The highest BCUT2D eigenvalue weighted by Crippen LogP contribution is 2.37. The number of hydrogen-bond donors (Lipinski definition) is 1. The van der Waals surface area contributed by atoms with Crippen LogP contribution in [0.5, 0.6) is 0 Å². The van der Waals surface area contributed by atoms with Gasteiger partial charge >= 0.3 is 0 Å². The lowest BCUT2D eigenvalue weighted by atomic mass is 9.76. The van der Waals surface area contributed by atoms with Crippen LogP contribution in [0.1, 0.15) is 43.4 Å². The van der Waals surface area contributed by atoms with Crippen molar-refractivity contribution in [1.29, 1.82) is 5.26 Å². The maximum Gasteiger partial charge on any atom is 0.129 e. The summed E-state index contributed by atoms with van der Waals surface area (Å²) in [6, 6.07) is 6.39. The van der Waals surface area contributed by atoms with Gasteiger partial charge in [-0.05, 0) is 38.3 Å². The molecule has 1 aromatic rings. The summed E-state index contributed by atoms with van der Waals surface area (Å²) in [6.45, 7) is 2.75. The number of aromatic nitrogens is 1. The minimum Gasteiger partial charge on any atom is -0.393 e. The third kappa shape index (κ3) is 2.27. The van der Waals surface area contributed by atoms with E-state index in [2.05, 4.69) is 16.0 Å². The van der Waals surface area contributed by atoms with Gasteiger partial charge in [-0.1, -0.05) is 12.8 Å². The number of aryl methyl sites for hydroxylation is 1. The summed E-state index contributed by atoms with van der Waals surface area (Å²) in [7, 11) is 0. The van der Waals surface area contributed by atoms with Crippen molar-refractivity contribution in [3.8, 4) is 6.07 Å². The molecule has 3 rings (SSSR count). The first kappa shape index (κ1) is 13.4. The van der Waals surface area contributed by atoms with Crippen LogP contribution >= 0.6 is 0 Å². The number of aliphatic hydroxyl groups excluding tert-OH is 1. The Kier molecular flexibility index (Phi) is 3.62. The van der Waals surface area contributed by atoms with E-state index in [4.69, 9.17) is 5.26 Å². The smallest absolute Gasteiger partial charge is 0.129 e. The molecule has 0 spiro atoms. The molecule has 1 aromatic heterocycles. The van der Waals surface area contributed by atoms with E-state index in [9.17, 15) is 5.11 Å². The summed E-state index contributed by atoms with van der Waals surface area (Å²) in [6.07, 6.45) is 5.39. The maximum atomic E-state index is 10.2. The highest BCUT2D eigenvalue weighted by atomic mass is 16.3. The summed E-state index contributed by atoms with van der Waals surface area (Å²) < 4.78 is 0. The van der Waals surface area contributed by atoms with Gasteiger partial charge in [-0.15, -0.1) is 0 Å². The van der Waals surface area contributed by atoms with Gasteiger partial charge < -0.3 is 10.0 Å². The second-order valence-electron chi connectivity index (χ2n) is 5.98. The molecular formula is C16H21N3O. The van der Waals surface area contributed by atoms with E-state index in [-0.39, 0.29) is 6.10 Å². The summed E-state index contributed by atoms with van der Waals surface area (Å²) in [4.78, 5) is 6.96. The Morgan fingerprint density at radius 2 is 2.10 bits per heavy atom. The number of anilines is 1. The standard InChI is InChI=1S/C16H21N3O/c1-11-12(10-17)6-7-16(18-11)19-9-8-15(20)13-4-2-3-5-14(13)19/h6-7,13-15,20H,2-5,8-9H2,1H3. The molecule has 1 aliphatic carbocycles. The fraction of sp³-hybridized carbons (Fsp3) is 0.625. The second-order valence-corrected chi connectivity index (χ2v) is 5.98. The van der Waals surface area contributed by atoms with Gasteiger partial charge in [0.05, 0.1) is 17.4 Å². The number of hydrogen-bond acceptors (Lipinski definition) is 4. The first-order valence-electron chi connectivity index (χ1n) is 7.53. The molecule has 3 unspecified atom stereocenters. The Bertz CT molecular complexity index is 537. The molecule has 2 fully saturated rings. The minimum absolute atomic E-state index is 0.156.